The molecule has 6 aromatic rings. The molecule has 0 bridgehead atoms. The molecule has 154 valence electrons. The number of aryl methyl sites for hydroxylation is 1. The van der Waals surface area contributed by atoms with Gasteiger partial charge in [0.2, 0.25) is 0 Å². The van der Waals surface area contributed by atoms with Crippen LogP contribution in [0.3, 0.4) is 0 Å². The van der Waals surface area contributed by atoms with Crippen LogP contribution < -0.4 is 0 Å². The molecule has 2 heterocycles. The van der Waals surface area contributed by atoms with Gasteiger partial charge in [-0.15, -0.1) is 0 Å². The first-order valence-electron chi connectivity index (χ1n) is 10.6. The third-order valence-electron chi connectivity index (χ3n) is 6.07. The Morgan fingerprint density at radius 1 is 0.688 bits per heavy atom. The number of fused-ring (bicyclic) bond motifs is 2. The van der Waals surface area contributed by atoms with E-state index in [0.717, 1.165) is 49.9 Å². The minimum atomic E-state index is -0.239. The highest BCUT2D eigenvalue weighted by molar-refractivity contribution is 6.01. The molecule has 0 fully saturated rings. The minimum absolute atomic E-state index is 0.239. The van der Waals surface area contributed by atoms with Crippen molar-refractivity contribution in [3.05, 3.63) is 102 Å². The van der Waals surface area contributed by atoms with E-state index in [4.69, 9.17) is 0 Å². The van der Waals surface area contributed by atoms with Crippen LogP contribution in [0.25, 0.3) is 55.4 Å². The molecular formula is C28H20FN3. The Balaban J connectivity index is 1.52. The van der Waals surface area contributed by atoms with Gasteiger partial charge < -0.3 is 4.98 Å². The number of hydrogen-bond acceptors (Lipinski definition) is 1. The lowest BCUT2D eigenvalue weighted by Gasteiger charge is -2.06. The van der Waals surface area contributed by atoms with Gasteiger partial charge >= 0.3 is 0 Å². The summed E-state index contributed by atoms with van der Waals surface area (Å²) in [4.78, 5) is 3.51. The maximum atomic E-state index is 13.8. The number of H-pyrrole nitrogens is 2. The summed E-state index contributed by atoms with van der Waals surface area (Å²) in [6.07, 6.45) is 0. The predicted octanol–water partition coefficient (Wildman–Crippen LogP) is 7.49. The SMILES string of the molecule is Cc1ccccc1-c1ccc2[nH]nc(-c3cc4c(-c5cccc(F)c5)cccc4[nH]3)c2c1. The lowest BCUT2D eigenvalue weighted by molar-refractivity contribution is 0.628. The number of rotatable bonds is 3. The van der Waals surface area contributed by atoms with Crippen LogP contribution in [0.1, 0.15) is 5.56 Å². The second-order valence-electron chi connectivity index (χ2n) is 8.11. The molecule has 0 amide bonds. The Kier molecular flexibility index (Phi) is 4.18. The molecule has 0 spiro atoms. The molecule has 4 aromatic carbocycles. The first-order chi connectivity index (χ1) is 15.7. The molecule has 3 nitrogen and oxygen atoms in total. The van der Waals surface area contributed by atoms with E-state index in [2.05, 4.69) is 70.6 Å². The molecule has 0 radical (unpaired) electrons. The number of aromatic amines is 2. The number of halogens is 1. The van der Waals surface area contributed by atoms with Gasteiger partial charge in [-0.25, -0.2) is 4.39 Å². The van der Waals surface area contributed by atoms with E-state index in [-0.39, 0.29) is 5.82 Å². The molecular weight excluding hydrogens is 397 g/mol. The van der Waals surface area contributed by atoms with Crippen LogP contribution in [0.4, 0.5) is 4.39 Å². The van der Waals surface area contributed by atoms with Gasteiger partial charge in [0, 0.05) is 16.3 Å². The molecule has 6 rings (SSSR count). The number of benzene rings is 4. The van der Waals surface area contributed by atoms with E-state index in [0.29, 0.717) is 0 Å². The zero-order chi connectivity index (χ0) is 21.7. The molecule has 0 atom stereocenters. The predicted molar refractivity (Wildman–Crippen MR) is 129 cm³/mol. The average Bonchev–Trinajstić information content (AvgIpc) is 3.42. The zero-order valence-electron chi connectivity index (χ0n) is 17.5. The Morgan fingerprint density at radius 2 is 1.50 bits per heavy atom. The molecule has 2 N–H and O–H groups in total. The van der Waals surface area contributed by atoms with Crippen molar-refractivity contribution in [3.63, 3.8) is 0 Å². The molecule has 32 heavy (non-hydrogen) atoms. The first kappa shape index (κ1) is 18.6. The van der Waals surface area contributed by atoms with Crippen LogP contribution in [-0.4, -0.2) is 15.2 Å². The Morgan fingerprint density at radius 3 is 2.38 bits per heavy atom. The van der Waals surface area contributed by atoms with Crippen LogP contribution in [0.15, 0.2) is 91.0 Å². The van der Waals surface area contributed by atoms with Gasteiger partial charge in [-0.05, 0) is 71.1 Å². The maximum Gasteiger partial charge on any atom is 0.123 e. The number of hydrogen-bond donors (Lipinski definition) is 2. The van der Waals surface area contributed by atoms with Crippen LogP contribution in [0, 0.1) is 12.7 Å². The van der Waals surface area contributed by atoms with Crippen LogP contribution in [0.2, 0.25) is 0 Å². The van der Waals surface area contributed by atoms with E-state index >= 15 is 0 Å². The average molecular weight is 417 g/mol. The Bertz CT molecular complexity index is 1610. The van der Waals surface area contributed by atoms with Gasteiger partial charge in [0.05, 0.1) is 11.2 Å². The highest BCUT2D eigenvalue weighted by Crippen LogP contribution is 2.35. The van der Waals surface area contributed by atoms with Gasteiger partial charge in [0.1, 0.15) is 11.5 Å². The van der Waals surface area contributed by atoms with Crippen molar-refractivity contribution in [2.24, 2.45) is 0 Å². The molecule has 0 saturated heterocycles. The maximum absolute atomic E-state index is 13.8. The van der Waals surface area contributed by atoms with E-state index in [1.807, 2.05) is 24.3 Å². The van der Waals surface area contributed by atoms with Gasteiger partial charge in [0.15, 0.2) is 0 Å². The normalized spacial score (nSPS) is 11.4. The highest BCUT2D eigenvalue weighted by Gasteiger charge is 2.14. The summed E-state index contributed by atoms with van der Waals surface area (Å²) in [5, 5.41) is 9.88. The minimum Gasteiger partial charge on any atom is -0.353 e. The second-order valence-corrected chi connectivity index (χ2v) is 8.11. The van der Waals surface area contributed by atoms with Crippen molar-refractivity contribution in [1.29, 1.82) is 0 Å². The number of aromatic nitrogens is 3. The molecule has 0 aliphatic carbocycles. The van der Waals surface area contributed by atoms with E-state index in [1.54, 1.807) is 12.1 Å². The lowest BCUT2D eigenvalue weighted by Crippen LogP contribution is -1.83. The van der Waals surface area contributed by atoms with Crippen molar-refractivity contribution >= 4 is 21.8 Å². The quantitative estimate of drug-likeness (QED) is 0.308. The van der Waals surface area contributed by atoms with Gasteiger partial charge in [-0.1, -0.05) is 54.6 Å². The second kappa shape index (κ2) is 7.20. The molecule has 0 aliphatic rings. The van der Waals surface area contributed by atoms with Gasteiger partial charge in [-0.3, -0.25) is 5.10 Å². The Labute approximate surface area is 184 Å². The topological polar surface area (TPSA) is 44.5 Å². The van der Waals surface area contributed by atoms with Crippen molar-refractivity contribution < 1.29 is 4.39 Å². The van der Waals surface area contributed by atoms with Crippen LogP contribution in [0.5, 0.6) is 0 Å². The molecule has 2 aromatic heterocycles. The van der Waals surface area contributed by atoms with Crippen LogP contribution >= 0.6 is 0 Å². The fraction of sp³-hybridized carbons (Fsp3) is 0.0357. The summed E-state index contributed by atoms with van der Waals surface area (Å²) < 4.78 is 13.8. The van der Waals surface area contributed by atoms with Crippen LogP contribution in [-0.2, 0) is 0 Å². The highest BCUT2D eigenvalue weighted by atomic mass is 19.1. The van der Waals surface area contributed by atoms with Crippen molar-refractivity contribution in [2.75, 3.05) is 0 Å². The van der Waals surface area contributed by atoms with Crippen molar-refractivity contribution in [1.82, 2.24) is 15.2 Å². The zero-order valence-corrected chi connectivity index (χ0v) is 17.5. The lowest BCUT2D eigenvalue weighted by atomic mass is 9.98. The van der Waals surface area contributed by atoms with Crippen molar-refractivity contribution in [3.8, 4) is 33.6 Å². The fourth-order valence-electron chi connectivity index (χ4n) is 4.47. The summed E-state index contributed by atoms with van der Waals surface area (Å²) in [5.41, 5.74) is 9.24. The van der Waals surface area contributed by atoms with Gasteiger partial charge in [-0.2, -0.15) is 5.10 Å². The van der Waals surface area contributed by atoms with Crippen molar-refractivity contribution in [2.45, 2.75) is 6.92 Å². The largest absolute Gasteiger partial charge is 0.353 e. The van der Waals surface area contributed by atoms with Gasteiger partial charge in [0.25, 0.3) is 0 Å². The smallest absolute Gasteiger partial charge is 0.123 e. The Hall–Kier alpha value is -4.18. The first-order valence-corrected chi connectivity index (χ1v) is 10.6. The standard InChI is InChI=1S/C28H20FN3/c1-17-6-2-3-9-21(17)19-12-13-26-24(15-19)28(32-31-26)27-16-23-22(10-5-11-25(23)30-27)18-7-4-8-20(29)14-18/h2-16,30H,1H3,(H,31,32). The van der Waals surface area contributed by atoms with E-state index in [9.17, 15) is 4.39 Å². The monoisotopic (exact) mass is 417 g/mol. The summed E-state index contributed by atoms with van der Waals surface area (Å²) in [6.45, 7) is 2.13. The number of nitrogens with one attached hydrogen (secondary N) is 2. The molecule has 0 unspecified atom stereocenters. The summed E-state index contributed by atoms with van der Waals surface area (Å²) >= 11 is 0. The summed E-state index contributed by atoms with van der Waals surface area (Å²) in [6, 6.07) is 29.6. The van der Waals surface area contributed by atoms with E-state index in [1.165, 1.54) is 17.2 Å². The fourth-order valence-corrected chi connectivity index (χ4v) is 4.47. The van der Waals surface area contributed by atoms with E-state index < -0.39 is 0 Å². The summed E-state index contributed by atoms with van der Waals surface area (Å²) in [7, 11) is 0. The molecule has 0 aliphatic heterocycles. The molecule has 4 heteroatoms. The number of nitrogens with zero attached hydrogens (tertiary/aromatic N) is 1. The third-order valence-corrected chi connectivity index (χ3v) is 6.07. The third kappa shape index (κ3) is 3.00. The summed E-state index contributed by atoms with van der Waals surface area (Å²) in [5.74, 6) is -0.239. The molecule has 0 saturated carbocycles.